The van der Waals surface area contributed by atoms with E-state index >= 15 is 0 Å². The summed E-state index contributed by atoms with van der Waals surface area (Å²) in [6, 6.07) is 0.139. The lowest BCUT2D eigenvalue weighted by Crippen LogP contribution is -2.33. The van der Waals surface area contributed by atoms with E-state index in [1.807, 2.05) is 6.26 Å². The van der Waals surface area contributed by atoms with Crippen LogP contribution in [0.1, 0.15) is 37.4 Å². The van der Waals surface area contributed by atoms with Crippen LogP contribution in [0.2, 0.25) is 0 Å². The van der Waals surface area contributed by atoms with Crippen LogP contribution in [0.15, 0.2) is 16.9 Å². The van der Waals surface area contributed by atoms with Gasteiger partial charge in [-0.2, -0.15) is 0 Å². The molecule has 1 atom stereocenters. The summed E-state index contributed by atoms with van der Waals surface area (Å²) in [6.07, 6.45) is 5.87. The zero-order valence-electron chi connectivity index (χ0n) is 7.63. The molecule has 1 unspecified atom stereocenters. The van der Waals surface area contributed by atoms with Gasteiger partial charge in [0.05, 0.1) is 12.5 Å². The molecule has 2 nitrogen and oxygen atoms in total. The molecule has 1 aliphatic carbocycles. The average Bonchev–Trinajstić information content (AvgIpc) is 2.45. The van der Waals surface area contributed by atoms with Gasteiger partial charge >= 0.3 is 0 Å². The molecule has 0 aliphatic heterocycles. The van der Waals surface area contributed by atoms with Crippen LogP contribution in [0.5, 0.6) is 0 Å². The highest BCUT2D eigenvalue weighted by molar-refractivity contribution is 5.29. The Kier molecular flexibility index (Phi) is 1.55. The van der Waals surface area contributed by atoms with Crippen molar-refractivity contribution in [2.45, 2.75) is 32.7 Å². The van der Waals surface area contributed by atoms with Gasteiger partial charge in [0.2, 0.25) is 0 Å². The molecule has 2 rings (SSSR count). The molecule has 1 heterocycles. The maximum absolute atomic E-state index is 6.11. The summed E-state index contributed by atoms with van der Waals surface area (Å²) in [5, 5.41) is 0. The van der Waals surface area contributed by atoms with Gasteiger partial charge in [-0.3, -0.25) is 0 Å². The van der Waals surface area contributed by atoms with E-state index in [1.165, 1.54) is 11.1 Å². The van der Waals surface area contributed by atoms with Crippen molar-refractivity contribution in [3.8, 4) is 0 Å². The largest absolute Gasteiger partial charge is 0.472 e. The normalized spacial score (nSPS) is 26.8. The van der Waals surface area contributed by atoms with E-state index in [-0.39, 0.29) is 11.5 Å². The molecule has 0 saturated heterocycles. The van der Waals surface area contributed by atoms with Crippen LogP contribution in [-0.2, 0) is 6.42 Å². The second kappa shape index (κ2) is 2.36. The third-order valence-corrected chi connectivity index (χ3v) is 2.99. The minimum absolute atomic E-state index is 0.139. The molecule has 0 radical (unpaired) electrons. The summed E-state index contributed by atoms with van der Waals surface area (Å²) >= 11 is 0. The van der Waals surface area contributed by atoms with E-state index in [0.29, 0.717) is 0 Å². The average molecular weight is 165 g/mol. The highest BCUT2D eigenvalue weighted by Crippen LogP contribution is 2.41. The summed E-state index contributed by atoms with van der Waals surface area (Å²) in [5.41, 5.74) is 8.82. The summed E-state index contributed by atoms with van der Waals surface area (Å²) < 4.78 is 5.15. The van der Waals surface area contributed by atoms with Gasteiger partial charge in [0, 0.05) is 11.6 Å². The molecule has 1 aromatic heterocycles. The SMILES string of the molecule is CC1(C)CCc2cocc2C1N. The number of aryl methyl sites for hydroxylation is 1. The molecule has 12 heavy (non-hydrogen) atoms. The second-order valence-corrected chi connectivity index (χ2v) is 4.32. The van der Waals surface area contributed by atoms with Crippen LogP contribution < -0.4 is 5.73 Å². The number of hydrogen-bond donors (Lipinski definition) is 1. The Labute approximate surface area is 72.7 Å². The van der Waals surface area contributed by atoms with Crippen LogP contribution in [-0.4, -0.2) is 0 Å². The third kappa shape index (κ3) is 0.985. The quantitative estimate of drug-likeness (QED) is 0.640. The topological polar surface area (TPSA) is 39.2 Å². The van der Waals surface area contributed by atoms with Crippen molar-refractivity contribution in [2.24, 2.45) is 11.1 Å². The van der Waals surface area contributed by atoms with Crippen LogP contribution in [0.25, 0.3) is 0 Å². The number of furan rings is 1. The number of nitrogens with two attached hydrogens (primary N) is 1. The predicted octanol–water partition coefficient (Wildman–Crippen LogP) is 2.25. The standard InChI is InChI=1S/C10H15NO/c1-10(2)4-3-7-5-12-6-8(7)9(10)11/h5-6,9H,3-4,11H2,1-2H3. The van der Waals surface area contributed by atoms with Gasteiger partial charge in [-0.05, 0) is 23.8 Å². The smallest absolute Gasteiger partial charge is 0.0953 e. The maximum atomic E-state index is 6.11. The van der Waals surface area contributed by atoms with Gasteiger partial charge in [0.25, 0.3) is 0 Å². The van der Waals surface area contributed by atoms with Crippen LogP contribution in [0.4, 0.5) is 0 Å². The van der Waals surface area contributed by atoms with Gasteiger partial charge in [-0.1, -0.05) is 13.8 Å². The molecular weight excluding hydrogens is 150 g/mol. The monoisotopic (exact) mass is 165 g/mol. The number of rotatable bonds is 0. The van der Waals surface area contributed by atoms with Gasteiger partial charge in [0.15, 0.2) is 0 Å². The van der Waals surface area contributed by atoms with Crippen LogP contribution in [0.3, 0.4) is 0 Å². The molecule has 0 amide bonds. The van der Waals surface area contributed by atoms with Crippen molar-refractivity contribution < 1.29 is 4.42 Å². The Bertz CT molecular complexity index is 288. The minimum atomic E-state index is 0.139. The lowest BCUT2D eigenvalue weighted by atomic mass is 9.72. The fraction of sp³-hybridized carbons (Fsp3) is 0.600. The molecule has 0 bridgehead atoms. The second-order valence-electron chi connectivity index (χ2n) is 4.32. The molecule has 0 aromatic carbocycles. The highest BCUT2D eigenvalue weighted by atomic mass is 16.3. The van der Waals surface area contributed by atoms with Crippen LogP contribution >= 0.6 is 0 Å². The van der Waals surface area contributed by atoms with E-state index in [2.05, 4.69) is 13.8 Å². The molecular formula is C10H15NO. The first-order valence-corrected chi connectivity index (χ1v) is 4.42. The Morgan fingerprint density at radius 2 is 2.25 bits per heavy atom. The van der Waals surface area contributed by atoms with Crippen LogP contribution in [0, 0.1) is 5.41 Å². The fourth-order valence-electron chi connectivity index (χ4n) is 1.84. The molecule has 0 fully saturated rings. The summed E-state index contributed by atoms with van der Waals surface area (Å²) in [7, 11) is 0. The molecule has 0 spiro atoms. The number of fused-ring (bicyclic) bond motifs is 1. The zero-order valence-corrected chi connectivity index (χ0v) is 7.63. The molecule has 2 heteroatoms. The van der Waals surface area contributed by atoms with E-state index in [4.69, 9.17) is 10.2 Å². The first-order valence-electron chi connectivity index (χ1n) is 4.42. The van der Waals surface area contributed by atoms with Gasteiger partial charge < -0.3 is 10.2 Å². The van der Waals surface area contributed by atoms with E-state index < -0.39 is 0 Å². The van der Waals surface area contributed by atoms with Crippen molar-refractivity contribution in [3.63, 3.8) is 0 Å². The Hall–Kier alpha value is -0.760. The van der Waals surface area contributed by atoms with E-state index in [1.54, 1.807) is 6.26 Å². The number of hydrogen-bond acceptors (Lipinski definition) is 2. The third-order valence-electron chi connectivity index (χ3n) is 2.99. The van der Waals surface area contributed by atoms with Crippen molar-refractivity contribution in [1.29, 1.82) is 0 Å². The first kappa shape index (κ1) is 7.87. The molecule has 1 aromatic rings. The Balaban J connectivity index is 2.42. The van der Waals surface area contributed by atoms with Gasteiger partial charge in [-0.15, -0.1) is 0 Å². The lowest BCUT2D eigenvalue weighted by molar-refractivity contribution is 0.250. The molecule has 1 aliphatic rings. The highest BCUT2D eigenvalue weighted by Gasteiger charge is 2.34. The molecule has 2 N–H and O–H groups in total. The van der Waals surface area contributed by atoms with Crippen molar-refractivity contribution in [2.75, 3.05) is 0 Å². The van der Waals surface area contributed by atoms with E-state index in [9.17, 15) is 0 Å². The van der Waals surface area contributed by atoms with Gasteiger partial charge in [0.1, 0.15) is 0 Å². The fourth-order valence-corrected chi connectivity index (χ4v) is 1.84. The lowest BCUT2D eigenvalue weighted by Gasteiger charge is -2.35. The van der Waals surface area contributed by atoms with Crippen molar-refractivity contribution >= 4 is 0 Å². The summed E-state index contributed by atoms with van der Waals surface area (Å²) in [4.78, 5) is 0. The van der Waals surface area contributed by atoms with Crippen molar-refractivity contribution in [1.82, 2.24) is 0 Å². The van der Waals surface area contributed by atoms with Crippen molar-refractivity contribution in [3.05, 3.63) is 23.7 Å². The van der Waals surface area contributed by atoms with Gasteiger partial charge in [-0.25, -0.2) is 0 Å². The first-order chi connectivity index (χ1) is 5.61. The zero-order chi connectivity index (χ0) is 8.77. The molecule has 66 valence electrons. The van der Waals surface area contributed by atoms with E-state index in [0.717, 1.165) is 12.8 Å². The minimum Gasteiger partial charge on any atom is -0.472 e. The molecule has 0 saturated carbocycles. The maximum Gasteiger partial charge on any atom is 0.0953 e. The Morgan fingerprint density at radius 1 is 1.50 bits per heavy atom. The predicted molar refractivity (Wildman–Crippen MR) is 47.7 cm³/mol. The Morgan fingerprint density at radius 3 is 3.00 bits per heavy atom. The summed E-state index contributed by atoms with van der Waals surface area (Å²) in [6.45, 7) is 4.43. The summed E-state index contributed by atoms with van der Waals surface area (Å²) in [5.74, 6) is 0.